The molecule has 112 valence electrons. The maximum absolute atomic E-state index is 12.0. The number of hydrogen-bond acceptors (Lipinski definition) is 3. The number of aryl methyl sites for hydroxylation is 1. The first kappa shape index (κ1) is 15.5. The summed E-state index contributed by atoms with van der Waals surface area (Å²) in [5.41, 5.74) is 5.17. The second-order valence-electron chi connectivity index (χ2n) is 5.93. The van der Waals surface area contributed by atoms with Crippen molar-refractivity contribution < 1.29 is 4.79 Å². The summed E-state index contributed by atoms with van der Waals surface area (Å²) in [7, 11) is 0. The van der Waals surface area contributed by atoms with Crippen molar-refractivity contribution in [1.82, 2.24) is 15.1 Å². The standard InChI is InChI=1S/C14H23BrN4O/c1-10(2)18-14(13(16)20)6-3-4-11(14)5-7-19-9-12(15)8-17-19/h8-11,18H,3-7H2,1-2H3,(H2,16,20). The van der Waals surface area contributed by atoms with E-state index < -0.39 is 5.54 Å². The van der Waals surface area contributed by atoms with Crippen LogP contribution in [0.15, 0.2) is 16.9 Å². The van der Waals surface area contributed by atoms with Crippen LogP contribution in [0.2, 0.25) is 0 Å². The number of hydrogen-bond donors (Lipinski definition) is 2. The zero-order valence-electron chi connectivity index (χ0n) is 12.1. The molecular formula is C14H23BrN4O. The van der Waals surface area contributed by atoms with Crippen LogP contribution in [0.4, 0.5) is 0 Å². The minimum absolute atomic E-state index is 0.213. The molecule has 0 aromatic carbocycles. The van der Waals surface area contributed by atoms with Crippen molar-refractivity contribution in [2.75, 3.05) is 0 Å². The largest absolute Gasteiger partial charge is 0.368 e. The lowest BCUT2D eigenvalue weighted by atomic mass is 9.83. The van der Waals surface area contributed by atoms with Crippen molar-refractivity contribution >= 4 is 21.8 Å². The normalized spacial score (nSPS) is 26.3. The molecule has 1 aromatic rings. The number of nitrogens with zero attached hydrogens (tertiary/aromatic N) is 2. The first-order chi connectivity index (χ1) is 9.44. The molecular weight excluding hydrogens is 320 g/mol. The van der Waals surface area contributed by atoms with Gasteiger partial charge in [0.1, 0.15) is 5.54 Å². The number of carbonyl (C=O) groups excluding carboxylic acids is 1. The van der Waals surface area contributed by atoms with Gasteiger partial charge in [-0.25, -0.2) is 0 Å². The Morgan fingerprint density at radius 3 is 3.00 bits per heavy atom. The number of carbonyl (C=O) groups is 1. The van der Waals surface area contributed by atoms with Gasteiger partial charge in [-0.2, -0.15) is 5.10 Å². The molecule has 20 heavy (non-hydrogen) atoms. The molecule has 2 unspecified atom stereocenters. The minimum atomic E-state index is -0.543. The molecule has 0 saturated heterocycles. The van der Waals surface area contributed by atoms with Gasteiger partial charge >= 0.3 is 0 Å². The Kier molecular flexibility index (Phi) is 4.86. The Hall–Kier alpha value is -0.880. The highest BCUT2D eigenvalue weighted by atomic mass is 79.9. The number of amides is 1. The van der Waals surface area contributed by atoms with Crippen LogP contribution in [-0.2, 0) is 11.3 Å². The van der Waals surface area contributed by atoms with Gasteiger partial charge in [0.25, 0.3) is 0 Å². The summed E-state index contributed by atoms with van der Waals surface area (Å²) in [5.74, 6) is 0.0701. The molecule has 1 heterocycles. The lowest BCUT2D eigenvalue weighted by Gasteiger charge is -2.35. The van der Waals surface area contributed by atoms with Crippen LogP contribution in [0.3, 0.4) is 0 Å². The average Bonchev–Trinajstić information content (AvgIpc) is 2.93. The molecule has 5 nitrogen and oxygen atoms in total. The van der Waals surface area contributed by atoms with Gasteiger partial charge < -0.3 is 11.1 Å². The predicted molar refractivity (Wildman–Crippen MR) is 82.1 cm³/mol. The number of halogens is 1. The Morgan fingerprint density at radius 2 is 2.45 bits per heavy atom. The van der Waals surface area contributed by atoms with Gasteiger partial charge in [-0.05, 0) is 55.0 Å². The van der Waals surface area contributed by atoms with E-state index in [1.54, 1.807) is 6.20 Å². The summed E-state index contributed by atoms with van der Waals surface area (Å²) in [6.45, 7) is 4.93. The van der Waals surface area contributed by atoms with Crippen LogP contribution in [0.5, 0.6) is 0 Å². The Labute approximate surface area is 128 Å². The van der Waals surface area contributed by atoms with Crippen molar-refractivity contribution in [3.63, 3.8) is 0 Å². The average molecular weight is 343 g/mol. The van der Waals surface area contributed by atoms with Gasteiger partial charge in [0.2, 0.25) is 5.91 Å². The third kappa shape index (κ3) is 3.23. The lowest BCUT2D eigenvalue weighted by Crippen LogP contribution is -2.60. The first-order valence-electron chi connectivity index (χ1n) is 7.19. The number of nitrogens with two attached hydrogens (primary N) is 1. The molecule has 2 rings (SSSR count). The lowest BCUT2D eigenvalue weighted by molar-refractivity contribution is -0.126. The fraction of sp³-hybridized carbons (Fsp3) is 0.714. The summed E-state index contributed by atoms with van der Waals surface area (Å²) in [6, 6.07) is 0.252. The van der Waals surface area contributed by atoms with Crippen LogP contribution in [0.25, 0.3) is 0 Å². The van der Waals surface area contributed by atoms with E-state index in [1.165, 1.54) is 0 Å². The quantitative estimate of drug-likeness (QED) is 0.830. The van der Waals surface area contributed by atoms with E-state index in [1.807, 2.05) is 10.9 Å². The van der Waals surface area contributed by atoms with Crippen molar-refractivity contribution in [2.45, 2.75) is 57.7 Å². The van der Waals surface area contributed by atoms with Crippen LogP contribution in [0.1, 0.15) is 39.5 Å². The third-order valence-electron chi connectivity index (χ3n) is 4.11. The van der Waals surface area contributed by atoms with Gasteiger partial charge in [-0.15, -0.1) is 0 Å². The summed E-state index contributed by atoms with van der Waals surface area (Å²) in [4.78, 5) is 12.0. The van der Waals surface area contributed by atoms with Crippen LogP contribution < -0.4 is 11.1 Å². The van der Waals surface area contributed by atoms with E-state index in [0.717, 1.165) is 36.7 Å². The van der Waals surface area contributed by atoms with Gasteiger partial charge in [0.05, 0.1) is 10.7 Å². The molecule has 1 aromatic heterocycles. The SMILES string of the molecule is CC(C)NC1(C(N)=O)CCCC1CCn1cc(Br)cn1. The molecule has 0 bridgehead atoms. The van der Waals surface area contributed by atoms with E-state index in [0.29, 0.717) is 0 Å². The fourth-order valence-corrected chi connectivity index (χ4v) is 3.65. The van der Waals surface area contributed by atoms with E-state index in [-0.39, 0.29) is 17.9 Å². The maximum Gasteiger partial charge on any atom is 0.238 e. The summed E-state index contributed by atoms with van der Waals surface area (Å²) in [5, 5.41) is 7.70. The summed E-state index contributed by atoms with van der Waals surface area (Å²) >= 11 is 3.39. The Morgan fingerprint density at radius 1 is 1.70 bits per heavy atom. The molecule has 1 fully saturated rings. The van der Waals surface area contributed by atoms with Crippen molar-refractivity contribution in [2.24, 2.45) is 11.7 Å². The van der Waals surface area contributed by atoms with E-state index in [2.05, 4.69) is 40.2 Å². The highest BCUT2D eigenvalue weighted by Gasteiger charge is 2.47. The third-order valence-corrected chi connectivity index (χ3v) is 4.52. The van der Waals surface area contributed by atoms with Gasteiger partial charge in [0.15, 0.2) is 0 Å². The van der Waals surface area contributed by atoms with Crippen LogP contribution in [-0.4, -0.2) is 27.3 Å². The van der Waals surface area contributed by atoms with Crippen molar-refractivity contribution in [1.29, 1.82) is 0 Å². The minimum Gasteiger partial charge on any atom is -0.368 e. The highest BCUT2D eigenvalue weighted by molar-refractivity contribution is 9.10. The van der Waals surface area contributed by atoms with E-state index in [9.17, 15) is 4.79 Å². The molecule has 1 aliphatic carbocycles. The van der Waals surface area contributed by atoms with Crippen LogP contribution >= 0.6 is 15.9 Å². The molecule has 1 saturated carbocycles. The van der Waals surface area contributed by atoms with E-state index in [4.69, 9.17) is 5.73 Å². The Bertz CT molecular complexity index is 473. The maximum atomic E-state index is 12.0. The second kappa shape index (κ2) is 6.26. The predicted octanol–water partition coefficient (Wildman–Crippen LogP) is 2.06. The zero-order valence-corrected chi connectivity index (χ0v) is 13.7. The number of aromatic nitrogens is 2. The molecule has 2 atom stereocenters. The summed E-state index contributed by atoms with van der Waals surface area (Å²) in [6.07, 6.45) is 7.59. The van der Waals surface area contributed by atoms with Gasteiger partial charge in [-0.3, -0.25) is 9.48 Å². The monoisotopic (exact) mass is 342 g/mol. The van der Waals surface area contributed by atoms with Crippen LogP contribution in [0, 0.1) is 5.92 Å². The smallest absolute Gasteiger partial charge is 0.238 e. The van der Waals surface area contributed by atoms with E-state index >= 15 is 0 Å². The van der Waals surface area contributed by atoms with Gasteiger partial charge in [-0.1, -0.05) is 6.42 Å². The number of primary amides is 1. The molecule has 0 radical (unpaired) electrons. The highest BCUT2D eigenvalue weighted by Crippen LogP contribution is 2.38. The summed E-state index contributed by atoms with van der Waals surface area (Å²) < 4.78 is 2.88. The van der Waals surface area contributed by atoms with Crippen molar-refractivity contribution in [3.05, 3.63) is 16.9 Å². The number of nitrogens with one attached hydrogen (secondary N) is 1. The molecule has 6 heteroatoms. The number of rotatable bonds is 6. The second-order valence-corrected chi connectivity index (χ2v) is 6.85. The first-order valence-corrected chi connectivity index (χ1v) is 7.99. The molecule has 3 N–H and O–H groups in total. The topological polar surface area (TPSA) is 72.9 Å². The molecule has 0 aliphatic heterocycles. The zero-order chi connectivity index (χ0) is 14.8. The molecule has 0 spiro atoms. The molecule has 1 amide bonds. The molecule has 1 aliphatic rings. The van der Waals surface area contributed by atoms with Crippen molar-refractivity contribution in [3.8, 4) is 0 Å². The van der Waals surface area contributed by atoms with Gasteiger partial charge in [0, 0.05) is 18.8 Å². The Balaban J connectivity index is 2.06. The fourth-order valence-electron chi connectivity index (χ4n) is 3.32.